The van der Waals surface area contributed by atoms with Crippen LogP contribution in [0.25, 0.3) is 5.57 Å². The third kappa shape index (κ3) is 4.70. The van der Waals surface area contributed by atoms with Gasteiger partial charge in [-0.2, -0.15) is 0 Å². The van der Waals surface area contributed by atoms with E-state index in [4.69, 9.17) is 23.5 Å². The van der Waals surface area contributed by atoms with Crippen LogP contribution in [0.15, 0.2) is 23.9 Å². The van der Waals surface area contributed by atoms with Gasteiger partial charge in [-0.15, -0.1) is 0 Å². The number of benzene rings is 1. The van der Waals surface area contributed by atoms with Gasteiger partial charge in [0.15, 0.2) is 11.5 Å². The van der Waals surface area contributed by atoms with Crippen molar-refractivity contribution in [2.24, 2.45) is 0 Å². The number of rotatable bonds is 9. The lowest BCUT2D eigenvalue weighted by Crippen LogP contribution is -2.41. The number of hydrogen-bond donors (Lipinski definition) is 0. The molecule has 5 nitrogen and oxygen atoms in total. The van der Waals surface area contributed by atoms with Gasteiger partial charge in [-0.3, -0.25) is 0 Å². The van der Waals surface area contributed by atoms with Gasteiger partial charge in [0.25, 0.3) is 0 Å². The van der Waals surface area contributed by atoms with Crippen LogP contribution >= 0.6 is 0 Å². The summed E-state index contributed by atoms with van der Waals surface area (Å²) in [5, 5.41) is 0. The van der Waals surface area contributed by atoms with Crippen molar-refractivity contribution < 1.29 is 27.9 Å². The maximum absolute atomic E-state index is 15.7. The zero-order valence-electron chi connectivity index (χ0n) is 18.1. The van der Waals surface area contributed by atoms with Crippen LogP contribution in [0.3, 0.4) is 0 Å². The third-order valence-corrected chi connectivity index (χ3v) is 5.32. The zero-order valence-corrected chi connectivity index (χ0v) is 18.1. The van der Waals surface area contributed by atoms with Crippen LogP contribution in [-0.4, -0.2) is 45.8 Å². The molecule has 1 aliphatic rings. The molecule has 1 aromatic rings. The van der Waals surface area contributed by atoms with Gasteiger partial charge in [0.2, 0.25) is 0 Å². The SMILES string of the molecule is CCCOCCC(=C(F)B1OC(C)(C)C(C)(C)O1)c1cccc(OC)c1OC. The van der Waals surface area contributed by atoms with E-state index in [9.17, 15) is 0 Å². The van der Waals surface area contributed by atoms with Crippen molar-refractivity contribution >= 4 is 12.7 Å². The lowest BCUT2D eigenvalue weighted by atomic mass is 9.81. The Kier molecular flexibility index (Phi) is 7.54. The molecule has 1 fully saturated rings. The number of methoxy groups -OCH3 is 2. The maximum Gasteiger partial charge on any atom is 0.525 e. The Hall–Kier alpha value is -1.57. The van der Waals surface area contributed by atoms with Crippen LogP contribution in [-0.2, 0) is 14.0 Å². The largest absolute Gasteiger partial charge is 0.525 e. The van der Waals surface area contributed by atoms with E-state index in [1.54, 1.807) is 32.4 Å². The average Bonchev–Trinajstić information content (AvgIpc) is 2.88. The van der Waals surface area contributed by atoms with Gasteiger partial charge in [0.1, 0.15) is 5.73 Å². The van der Waals surface area contributed by atoms with Gasteiger partial charge in [0.05, 0.1) is 32.0 Å². The van der Waals surface area contributed by atoms with Crippen LogP contribution < -0.4 is 9.47 Å². The first kappa shape index (κ1) is 22.7. The highest BCUT2D eigenvalue weighted by Gasteiger charge is 2.53. The molecule has 0 N–H and O–H groups in total. The van der Waals surface area contributed by atoms with Crippen molar-refractivity contribution in [3.63, 3.8) is 0 Å². The number of para-hydroxylation sites is 1. The van der Waals surface area contributed by atoms with Crippen molar-refractivity contribution in [1.29, 1.82) is 0 Å². The first-order chi connectivity index (χ1) is 13.2. The molecule has 0 atom stereocenters. The summed E-state index contributed by atoms with van der Waals surface area (Å²) in [4.78, 5) is 0. The Morgan fingerprint density at radius 3 is 2.21 bits per heavy atom. The molecule has 2 rings (SSSR count). The fraction of sp³-hybridized carbons (Fsp3) is 0.619. The summed E-state index contributed by atoms with van der Waals surface area (Å²) in [6.45, 7) is 10.6. The molecule has 7 heteroatoms. The number of halogens is 1. The van der Waals surface area contributed by atoms with E-state index in [0.29, 0.717) is 42.3 Å². The van der Waals surface area contributed by atoms with Gasteiger partial charge in [-0.25, -0.2) is 4.39 Å². The Labute approximate surface area is 168 Å². The molecule has 1 aliphatic heterocycles. The first-order valence-electron chi connectivity index (χ1n) is 9.71. The zero-order chi connectivity index (χ0) is 20.9. The molecule has 1 aromatic carbocycles. The summed E-state index contributed by atoms with van der Waals surface area (Å²) in [6, 6.07) is 5.39. The fourth-order valence-corrected chi connectivity index (χ4v) is 3.02. The Balaban J connectivity index is 2.47. The van der Waals surface area contributed by atoms with E-state index >= 15 is 4.39 Å². The van der Waals surface area contributed by atoms with Gasteiger partial charge in [-0.05, 0) is 52.2 Å². The summed E-state index contributed by atoms with van der Waals surface area (Å²) >= 11 is 0. The average molecular weight is 394 g/mol. The van der Waals surface area contributed by atoms with Crippen LogP contribution in [0.5, 0.6) is 11.5 Å². The van der Waals surface area contributed by atoms with E-state index in [0.717, 1.165) is 6.42 Å². The predicted octanol–water partition coefficient (Wildman–Crippen LogP) is 4.83. The molecule has 0 radical (unpaired) electrons. The summed E-state index contributed by atoms with van der Waals surface area (Å²) < 4.78 is 44.0. The van der Waals surface area contributed by atoms with Crippen molar-refractivity contribution in [1.82, 2.24) is 0 Å². The highest BCUT2D eigenvalue weighted by Crippen LogP contribution is 2.43. The molecule has 0 aliphatic carbocycles. The molecule has 0 spiro atoms. The van der Waals surface area contributed by atoms with Crippen LogP contribution in [0.4, 0.5) is 4.39 Å². The van der Waals surface area contributed by atoms with Gasteiger partial charge in [0, 0.05) is 12.2 Å². The highest BCUT2D eigenvalue weighted by molar-refractivity contribution is 6.55. The first-order valence-corrected chi connectivity index (χ1v) is 9.71. The molecule has 28 heavy (non-hydrogen) atoms. The second kappa shape index (κ2) is 9.29. The predicted molar refractivity (Wildman–Crippen MR) is 109 cm³/mol. The van der Waals surface area contributed by atoms with E-state index in [1.165, 1.54) is 0 Å². The molecule has 1 saturated heterocycles. The Bertz CT molecular complexity index is 686. The fourth-order valence-electron chi connectivity index (χ4n) is 3.02. The summed E-state index contributed by atoms with van der Waals surface area (Å²) in [5.74, 6) is 1.01. The smallest absolute Gasteiger partial charge is 0.493 e. The number of ether oxygens (including phenoxy) is 3. The van der Waals surface area contributed by atoms with Gasteiger partial charge in [-0.1, -0.05) is 19.1 Å². The minimum atomic E-state index is -1.08. The monoisotopic (exact) mass is 394 g/mol. The van der Waals surface area contributed by atoms with Gasteiger partial charge >= 0.3 is 7.12 Å². The lowest BCUT2D eigenvalue weighted by molar-refractivity contribution is 0.00578. The van der Waals surface area contributed by atoms with E-state index in [1.807, 2.05) is 34.6 Å². The molecule has 0 aromatic heterocycles. The lowest BCUT2D eigenvalue weighted by Gasteiger charge is -2.32. The Morgan fingerprint density at radius 1 is 1.04 bits per heavy atom. The third-order valence-electron chi connectivity index (χ3n) is 5.32. The Morgan fingerprint density at radius 2 is 1.68 bits per heavy atom. The molecule has 0 bridgehead atoms. The van der Waals surface area contributed by atoms with Crippen molar-refractivity contribution in [3.8, 4) is 11.5 Å². The van der Waals surface area contributed by atoms with Crippen molar-refractivity contribution in [3.05, 3.63) is 29.5 Å². The number of hydrogen-bond acceptors (Lipinski definition) is 5. The second-order valence-corrected chi connectivity index (χ2v) is 7.82. The molecule has 156 valence electrons. The minimum absolute atomic E-state index is 0.361. The highest BCUT2D eigenvalue weighted by atomic mass is 19.1. The summed E-state index contributed by atoms with van der Waals surface area (Å²) in [6.07, 6.45) is 1.26. The van der Waals surface area contributed by atoms with E-state index < -0.39 is 24.0 Å². The molecular formula is C21H32BFO5. The van der Waals surface area contributed by atoms with Crippen LogP contribution in [0, 0.1) is 0 Å². The quantitative estimate of drug-likeness (QED) is 0.443. The standard InChI is InChI=1S/C21H32BFO5/c1-8-13-26-14-12-16(15-10-9-11-17(24-6)18(15)25-7)19(23)22-27-20(2,3)21(4,5)28-22/h9-11H,8,12-14H2,1-7H3. The normalized spacial score (nSPS) is 18.8. The topological polar surface area (TPSA) is 46.2 Å². The van der Waals surface area contributed by atoms with Crippen molar-refractivity contribution in [2.45, 2.75) is 58.7 Å². The molecule has 0 unspecified atom stereocenters. The summed E-state index contributed by atoms with van der Waals surface area (Å²) in [5.41, 5.74) is -0.681. The maximum atomic E-state index is 15.7. The minimum Gasteiger partial charge on any atom is -0.493 e. The van der Waals surface area contributed by atoms with Crippen LogP contribution in [0.2, 0.25) is 0 Å². The van der Waals surface area contributed by atoms with E-state index in [2.05, 4.69) is 0 Å². The molecule has 0 saturated carbocycles. The molecule has 0 amide bonds. The van der Waals surface area contributed by atoms with Crippen LogP contribution in [0.1, 0.15) is 53.0 Å². The summed E-state index contributed by atoms with van der Waals surface area (Å²) in [7, 11) is 2.02. The van der Waals surface area contributed by atoms with E-state index in [-0.39, 0.29) is 0 Å². The second-order valence-electron chi connectivity index (χ2n) is 7.82. The molecule has 1 heterocycles. The molecular weight excluding hydrogens is 362 g/mol. The van der Waals surface area contributed by atoms with Gasteiger partial charge < -0.3 is 23.5 Å². The van der Waals surface area contributed by atoms with Crippen molar-refractivity contribution in [2.75, 3.05) is 27.4 Å².